The smallest absolute Gasteiger partial charge is 0.308 e. The average Bonchev–Trinajstić information content (AvgIpc) is 2.79. The van der Waals surface area contributed by atoms with Crippen molar-refractivity contribution >= 4 is 49.3 Å². The minimum Gasteiger partial charge on any atom is -0.456 e. The number of Topliss-reactive ketones (excluding diaryl/α,β-unsaturated/α-hetero) is 1. The van der Waals surface area contributed by atoms with E-state index < -0.39 is 44.8 Å². The number of ketones is 1. The molecule has 0 aliphatic carbocycles. The summed E-state index contributed by atoms with van der Waals surface area (Å²) >= 11 is 9.00. The van der Waals surface area contributed by atoms with Crippen LogP contribution in [0.5, 0.6) is 0 Å². The minimum absolute atomic E-state index is 0.143. The fourth-order valence-corrected chi connectivity index (χ4v) is 4.26. The van der Waals surface area contributed by atoms with E-state index in [2.05, 4.69) is 20.7 Å². The number of hydrogen-bond acceptors (Lipinski definition) is 6. The van der Waals surface area contributed by atoms with Gasteiger partial charge in [0.2, 0.25) is 27.3 Å². The zero-order valence-electron chi connectivity index (χ0n) is 14.3. The molecule has 1 heterocycles. The Bertz CT molecular complexity index is 919. The van der Waals surface area contributed by atoms with Crippen LogP contribution in [-0.2, 0) is 34.7 Å². The highest BCUT2D eigenvalue weighted by molar-refractivity contribution is 9.09. The van der Waals surface area contributed by atoms with Crippen LogP contribution < -0.4 is 4.72 Å². The molecule has 2 rings (SSSR count). The van der Waals surface area contributed by atoms with Crippen molar-refractivity contribution in [2.45, 2.75) is 25.9 Å². The average molecular weight is 485 g/mol. The number of halogens is 3. The maximum absolute atomic E-state index is 14.3. The van der Waals surface area contributed by atoms with Crippen molar-refractivity contribution in [3.63, 3.8) is 0 Å². The molecule has 0 fully saturated rings. The predicted molar refractivity (Wildman–Crippen MR) is 99.0 cm³/mol. The second-order valence-electron chi connectivity index (χ2n) is 5.80. The summed E-state index contributed by atoms with van der Waals surface area (Å²) in [5.41, 5.74) is -2.19. The first-order chi connectivity index (χ1) is 12.5. The summed E-state index contributed by atoms with van der Waals surface area (Å²) in [6, 6.07) is 3.51. The topological polar surface area (TPSA) is 98.8 Å². The van der Waals surface area contributed by atoms with Gasteiger partial charge in [0, 0.05) is 22.8 Å². The normalized spacial score (nSPS) is 19.8. The van der Waals surface area contributed by atoms with E-state index in [1.807, 2.05) is 0 Å². The van der Waals surface area contributed by atoms with Crippen molar-refractivity contribution in [1.82, 2.24) is 4.72 Å². The van der Waals surface area contributed by atoms with Crippen LogP contribution in [0.15, 0.2) is 29.8 Å². The zero-order chi connectivity index (χ0) is 20.4. The minimum atomic E-state index is -3.90. The van der Waals surface area contributed by atoms with Crippen LogP contribution in [0.25, 0.3) is 0 Å². The molecule has 27 heavy (non-hydrogen) atoms. The molecular formula is C16H16BrClFNO6S. The predicted octanol–water partition coefficient (Wildman–Crippen LogP) is 2.73. The monoisotopic (exact) mass is 483 g/mol. The lowest BCUT2D eigenvalue weighted by Gasteiger charge is -2.24. The SMILES string of the molecule is CC(=O)OC1=C(NS(=O)(=O)CCCBr)OC(C)(c2cc(Cl)ccc2F)C1=O. The highest BCUT2D eigenvalue weighted by Gasteiger charge is 2.51. The molecule has 0 radical (unpaired) electrons. The van der Waals surface area contributed by atoms with Crippen molar-refractivity contribution in [3.05, 3.63) is 46.2 Å². The highest BCUT2D eigenvalue weighted by Crippen LogP contribution is 2.40. The van der Waals surface area contributed by atoms with E-state index in [1.165, 1.54) is 19.1 Å². The number of benzene rings is 1. The number of nitrogens with one attached hydrogen (secondary N) is 1. The number of sulfonamides is 1. The van der Waals surface area contributed by atoms with Gasteiger partial charge in [-0.05, 0) is 31.5 Å². The molecule has 148 valence electrons. The molecule has 1 aromatic carbocycles. The number of alkyl halides is 1. The lowest BCUT2D eigenvalue weighted by molar-refractivity contribution is -0.142. The van der Waals surface area contributed by atoms with Crippen LogP contribution in [0.1, 0.15) is 25.8 Å². The van der Waals surface area contributed by atoms with E-state index in [4.69, 9.17) is 21.1 Å². The molecule has 7 nitrogen and oxygen atoms in total. The van der Waals surface area contributed by atoms with Gasteiger partial charge in [-0.25, -0.2) is 12.8 Å². The molecule has 1 atom stereocenters. The number of ether oxygens (including phenoxy) is 2. The molecule has 0 saturated carbocycles. The van der Waals surface area contributed by atoms with Gasteiger partial charge in [-0.1, -0.05) is 27.5 Å². The summed E-state index contributed by atoms with van der Waals surface area (Å²) in [5, 5.41) is 0.582. The van der Waals surface area contributed by atoms with E-state index in [1.54, 1.807) is 0 Å². The third kappa shape index (κ3) is 4.80. The van der Waals surface area contributed by atoms with Crippen LogP contribution in [0, 0.1) is 5.82 Å². The lowest BCUT2D eigenvalue weighted by atomic mass is 9.91. The third-order valence-corrected chi connectivity index (χ3v) is 5.75. The lowest BCUT2D eigenvalue weighted by Crippen LogP contribution is -2.34. The fraction of sp³-hybridized carbons (Fsp3) is 0.375. The van der Waals surface area contributed by atoms with Crippen LogP contribution in [-0.4, -0.2) is 31.3 Å². The first-order valence-electron chi connectivity index (χ1n) is 7.68. The van der Waals surface area contributed by atoms with Crippen molar-refractivity contribution in [3.8, 4) is 0 Å². The molecule has 1 N–H and O–H groups in total. The summed E-state index contributed by atoms with van der Waals surface area (Å²) < 4.78 is 51.0. The van der Waals surface area contributed by atoms with Gasteiger partial charge >= 0.3 is 5.97 Å². The molecule has 0 bridgehead atoms. The zero-order valence-corrected chi connectivity index (χ0v) is 17.5. The Morgan fingerprint density at radius 1 is 1.44 bits per heavy atom. The first-order valence-corrected chi connectivity index (χ1v) is 10.8. The molecular weight excluding hydrogens is 469 g/mol. The molecule has 0 aromatic heterocycles. The molecule has 0 saturated heterocycles. The Balaban J connectivity index is 2.47. The number of rotatable bonds is 7. The Labute approximate surface area is 169 Å². The second kappa shape index (κ2) is 8.15. The maximum atomic E-state index is 14.3. The fourth-order valence-electron chi connectivity index (χ4n) is 2.40. The molecule has 11 heteroatoms. The number of hydrogen-bond donors (Lipinski definition) is 1. The highest BCUT2D eigenvalue weighted by atomic mass is 79.9. The summed E-state index contributed by atoms with van der Waals surface area (Å²) in [5.74, 6) is -4.07. The quantitative estimate of drug-likeness (QED) is 0.472. The summed E-state index contributed by atoms with van der Waals surface area (Å²) in [4.78, 5) is 24.2. The summed E-state index contributed by atoms with van der Waals surface area (Å²) in [6.45, 7) is 2.26. The molecule has 1 aromatic rings. The summed E-state index contributed by atoms with van der Waals surface area (Å²) in [7, 11) is -3.90. The van der Waals surface area contributed by atoms with Crippen molar-refractivity contribution in [2.24, 2.45) is 0 Å². The number of carbonyl (C=O) groups excluding carboxylic acids is 2. The van der Waals surface area contributed by atoms with Crippen LogP contribution in [0.4, 0.5) is 4.39 Å². The van der Waals surface area contributed by atoms with E-state index in [9.17, 15) is 22.4 Å². The van der Waals surface area contributed by atoms with E-state index in [0.717, 1.165) is 13.0 Å². The number of esters is 1. The Morgan fingerprint density at radius 3 is 2.70 bits per heavy atom. The van der Waals surface area contributed by atoms with Gasteiger partial charge in [0.25, 0.3) is 5.78 Å². The van der Waals surface area contributed by atoms with Gasteiger partial charge in [0.15, 0.2) is 0 Å². The van der Waals surface area contributed by atoms with Crippen molar-refractivity contribution < 1.29 is 31.9 Å². The second-order valence-corrected chi connectivity index (χ2v) is 8.88. The summed E-state index contributed by atoms with van der Waals surface area (Å²) in [6.07, 6.45) is 0.291. The van der Waals surface area contributed by atoms with Gasteiger partial charge < -0.3 is 9.47 Å². The van der Waals surface area contributed by atoms with Crippen LogP contribution in [0.2, 0.25) is 5.02 Å². The van der Waals surface area contributed by atoms with E-state index >= 15 is 0 Å². The van der Waals surface area contributed by atoms with Gasteiger partial charge in [-0.2, -0.15) is 0 Å². The van der Waals surface area contributed by atoms with Crippen molar-refractivity contribution in [1.29, 1.82) is 0 Å². The van der Waals surface area contributed by atoms with Crippen molar-refractivity contribution in [2.75, 3.05) is 11.1 Å². The molecule has 1 aliphatic rings. The van der Waals surface area contributed by atoms with E-state index in [0.29, 0.717) is 11.8 Å². The van der Waals surface area contributed by atoms with Gasteiger partial charge in [0.1, 0.15) is 5.82 Å². The Kier molecular flexibility index (Phi) is 6.54. The Hall–Kier alpha value is -1.65. The Morgan fingerprint density at radius 2 is 2.11 bits per heavy atom. The third-order valence-electron chi connectivity index (χ3n) is 3.63. The van der Waals surface area contributed by atoms with Crippen LogP contribution >= 0.6 is 27.5 Å². The first kappa shape index (κ1) is 21.6. The van der Waals surface area contributed by atoms with Crippen LogP contribution in [0.3, 0.4) is 0 Å². The van der Waals surface area contributed by atoms with Gasteiger partial charge in [-0.3, -0.25) is 14.3 Å². The maximum Gasteiger partial charge on any atom is 0.308 e. The van der Waals surface area contributed by atoms with Gasteiger partial charge in [-0.15, -0.1) is 0 Å². The largest absolute Gasteiger partial charge is 0.456 e. The standard InChI is InChI=1S/C16H16BrClFNO6S/c1-9(21)25-13-14(22)16(2,11-8-10(18)4-5-12(11)19)26-15(13)20-27(23,24)7-3-6-17/h4-5,8,20H,3,6-7H2,1-2H3. The van der Waals surface area contributed by atoms with Gasteiger partial charge in [0.05, 0.1) is 5.75 Å². The van der Waals surface area contributed by atoms with E-state index in [-0.39, 0.29) is 16.3 Å². The number of carbonyl (C=O) groups is 2. The molecule has 1 aliphatic heterocycles. The molecule has 0 amide bonds. The molecule has 0 spiro atoms. The molecule has 1 unspecified atom stereocenters.